The van der Waals surface area contributed by atoms with E-state index in [1.165, 1.54) is 17.0 Å². The minimum Gasteiger partial charge on any atom is -0.347 e. The topological polar surface area (TPSA) is 116 Å². The molecule has 1 atom stereocenters. The largest absolute Gasteiger partial charge is 0.347 e. The smallest absolute Gasteiger partial charge is 0.274 e. The predicted molar refractivity (Wildman–Crippen MR) is 129 cm³/mol. The fraction of sp³-hybridized carbons (Fsp3) is 0.200. The highest BCUT2D eigenvalue weighted by atomic mass is 32.2. The SMILES string of the molecule is Cc1ccc(S(=O)(=O)NC(Cc2ccc(-c3ccc(C(=O)NO)cc3)cc2)C(=O)N(C)C)cc1. The maximum absolute atomic E-state index is 12.9. The van der Waals surface area contributed by atoms with Gasteiger partial charge in [-0.25, -0.2) is 13.9 Å². The molecule has 0 saturated carbocycles. The van der Waals surface area contributed by atoms with Gasteiger partial charge in [0, 0.05) is 19.7 Å². The third-order valence-electron chi connectivity index (χ3n) is 5.34. The molecular formula is C25H27N3O5S. The van der Waals surface area contributed by atoms with Crippen molar-refractivity contribution in [3.63, 3.8) is 0 Å². The molecule has 0 bridgehead atoms. The summed E-state index contributed by atoms with van der Waals surface area (Å²) in [5.41, 5.74) is 5.39. The van der Waals surface area contributed by atoms with Crippen LogP contribution in [0.1, 0.15) is 21.5 Å². The van der Waals surface area contributed by atoms with Gasteiger partial charge >= 0.3 is 0 Å². The average Bonchev–Trinajstić information content (AvgIpc) is 2.83. The number of sulfonamides is 1. The third-order valence-corrected chi connectivity index (χ3v) is 6.83. The summed E-state index contributed by atoms with van der Waals surface area (Å²) >= 11 is 0. The van der Waals surface area contributed by atoms with E-state index in [0.29, 0.717) is 5.56 Å². The number of likely N-dealkylation sites (N-methyl/N-ethyl adjacent to an activating group) is 1. The van der Waals surface area contributed by atoms with Gasteiger partial charge in [-0.15, -0.1) is 0 Å². The second kappa shape index (κ2) is 10.6. The molecular weight excluding hydrogens is 454 g/mol. The zero-order chi connectivity index (χ0) is 24.9. The number of amides is 2. The van der Waals surface area contributed by atoms with Gasteiger partial charge < -0.3 is 4.90 Å². The monoisotopic (exact) mass is 481 g/mol. The zero-order valence-corrected chi connectivity index (χ0v) is 20.0. The fourth-order valence-corrected chi connectivity index (χ4v) is 4.60. The predicted octanol–water partition coefficient (Wildman–Crippen LogP) is 2.76. The van der Waals surface area contributed by atoms with Crippen molar-refractivity contribution in [2.75, 3.05) is 14.1 Å². The highest BCUT2D eigenvalue weighted by molar-refractivity contribution is 7.89. The van der Waals surface area contributed by atoms with Gasteiger partial charge in [0.1, 0.15) is 6.04 Å². The standard InChI is InChI=1S/C25H27N3O5S/c1-17-4-14-22(15-5-17)34(32,33)27-23(25(30)28(2)3)16-18-6-8-19(9-7-18)20-10-12-21(13-11-20)24(29)26-31/h4-15,23,27,31H,16H2,1-3H3,(H,26,29). The lowest BCUT2D eigenvalue weighted by Gasteiger charge is -2.22. The molecule has 0 radical (unpaired) electrons. The molecule has 2 amide bonds. The number of nitrogens with zero attached hydrogens (tertiary/aromatic N) is 1. The summed E-state index contributed by atoms with van der Waals surface area (Å²) in [6.07, 6.45) is 0.179. The van der Waals surface area contributed by atoms with Crippen molar-refractivity contribution in [1.29, 1.82) is 0 Å². The highest BCUT2D eigenvalue weighted by Crippen LogP contribution is 2.21. The van der Waals surface area contributed by atoms with Crippen LogP contribution in [0.4, 0.5) is 0 Å². The fourth-order valence-electron chi connectivity index (χ4n) is 3.41. The Kier molecular flexibility index (Phi) is 7.83. The number of carbonyl (C=O) groups excluding carboxylic acids is 2. The van der Waals surface area contributed by atoms with Crippen LogP contribution in [0, 0.1) is 6.92 Å². The minimum absolute atomic E-state index is 0.100. The Labute approximate surface area is 199 Å². The van der Waals surface area contributed by atoms with E-state index in [4.69, 9.17) is 5.21 Å². The van der Waals surface area contributed by atoms with E-state index in [1.807, 2.05) is 31.2 Å². The number of hydroxylamine groups is 1. The van der Waals surface area contributed by atoms with Gasteiger partial charge in [-0.3, -0.25) is 14.8 Å². The van der Waals surface area contributed by atoms with Crippen LogP contribution in [-0.2, 0) is 21.2 Å². The van der Waals surface area contributed by atoms with E-state index in [0.717, 1.165) is 22.3 Å². The number of hydrogen-bond donors (Lipinski definition) is 3. The van der Waals surface area contributed by atoms with Crippen LogP contribution in [0.2, 0.25) is 0 Å². The van der Waals surface area contributed by atoms with Gasteiger partial charge in [0.25, 0.3) is 5.91 Å². The van der Waals surface area contributed by atoms with Crippen molar-refractivity contribution in [3.05, 3.63) is 89.5 Å². The van der Waals surface area contributed by atoms with Gasteiger partial charge in [-0.1, -0.05) is 54.1 Å². The molecule has 9 heteroatoms. The molecule has 0 heterocycles. The summed E-state index contributed by atoms with van der Waals surface area (Å²) in [4.78, 5) is 25.7. The summed E-state index contributed by atoms with van der Waals surface area (Å²) < 4.78 is 28.3. The van der Waals surface area contributed by atoms with E-state index < -0.39 is 22.0 Å². The van der Waals surface area contributed by atoms with Crippen molar-refractivity contribution >= 4 is 21.8 Å². The van der Waals surface area contributed by atoms with Crippen LogP contribution in [0.15, 0.2) is 77.7 Å². The Hall–Kier alpha value is -3.53. The quantitative estimate of drug-likeness (QED) is 0.338. The van der Waals surface area contributed by atoms with Crippen molar-refractivity contribution in [1.82, 2.24) is 15.1 Å². The molecule has 3 N–H and O–H groups in total. The van der Waals surface area contributed by atoms with Gasteiger partial charge in [-0.2, -0.15) is 4.72 Å². The second-order valence-corrected chi connectivity index (χ2v) is 9.85. The number of benzene rings is 3. The molecule has 0 aliphatic heterocycles. The summed E-state index contributed by atoms with van der Waals surface area (Å²) in [7, 11) is -0.722. The molecule has 0 spiro atoms. The maximum Gasteiger partial charge on any atom is 0.274 e. The van der Waals surface area contributed by atoms with E-state index in [2.05, 4.69) is 4.72 Å². The van der Waals surface area contributed by atoms with Crippen molar-refractivity contribution < 1.29 is 23.2 Å². The first-order valence-electron chi connectivity index (χ1n) is 10.5. The summed E-state index contributed by atoms with van der Waals surface area (Å²) in [5.74, 6) is -0.941. The summed E-state index contributed by atoms with van der Waals surface area (Å²) in [6, 6.07) is 19.6. The molecule has 0 aliphatic rings. The first-order chi connectivity index (χ1) is 16.1. The normalized spacial score (nSPS) is 12.1. The number of aryl methyl sites for hydroxylation is 1. The molecule has 0 saturated heterocycles. The molecule has 3 aromatic carbocycles. The van der Waals surface area contributed by atoms with Crippen LogP contribution in [-0.4, -0.2) is 50.5 Å². The van der Waals surface area contributed by atoms with Crippen LogP contribution in [0.5, 0.6) is 0 Å². The Bertz CT molecular complexity index is 1250. The molecule has 34 heavy (non-hydrogen) atoms. The van der Waals surface area contributed by atoms with E-state index in [1.54, 1.807) is 56.0 Å². The third kappa shape index (κ3) is 6.07. The van der Waals surface area contributed by atoms with Crippen LogP contribution in [0.3, 0.4) is 0 Å². The van der Waals surface area contributed by atoms with Gasteiger partial charge in [0.2, 0.25) is 15.9 Å². The number of rotatable bonds is 8. The van der Waals surface area contributed by atoms with Gasteiger partial charge in [0.05, 0.1) is 4.90 Å². The van der Waals surface area contributed by atoms with Crippen LogP contribution < -0.4 is 10.2 Å². The molecule has 0 fully saturated rings. The maximum atomic E-state index is 12.9. The molecule has 3 aromatic rings. The molecule has 1 unspecified atom stereocenters. The molecule has 178 valence electrons. The number of hydrogen-bond acceptors (Lipinski definition) is 5. The molecule has 0 aliphatic carbocycles. The van der Waals surface area contributed by atoms with Crippen LogP contribution in [0.25, 0.3) is 11.1 Å². The Morgan fingerprint density at radius 2 is 1.41 bits per heavy atom. The Morgan fingerprint density at radius 3 is 1.91 bits per heavy atom. The summed E-state index contributed by atoms with van der Waals surface area (Å²) in [6.45, 7) is 1.87. The highest BCUT2D eigenvalue weighted by Gasteiger charge is 2.27. The van der Waals surface area contributed by atoms with E-state index in [9.17, 15) is 18.0 Å². The average molecular weight is 482 g/mol. The molecule has 8 nitrogen and oxygen atoms in total. The lowest BCUT2D eigenvalue weighted by atomic mass is 9.99. The summed E-state index contributed by atoms with van der Waals surface area (Å²) in [5, 5.41) is 8.73. The van der Waals surface area contributed by atoms with E-state index >= 15 is 0 Å². The minimum atomic E-state index is -3.89. The lowest BCUT2D eigenvalue weighted by Crippen LogP contribution is -2.47. The molecule has 0 aromatic heterocycles. The van der Waals surface area contributed by atoms with E-state index in [-0.39, 0.29) is 17.2 Å². The van der Waals surface area contributed by atoms with Gasteiger partial charge in [-0.05, 0) is 54.3 Å². The van der Waals surface area contributed by atoms with Gasteiger partial charge in [0.15, 0.2) is 0 Å². The first-order valence-corrected chi connectivity index (χ1v) is 12.0. The van der Waals surface area contributed by atoms with Crippen molar-refractivity contribution in [2.45, 2.75) is 24.3 Å². The first kappa shape index (κ1) is 25.1. The lowest BCUT2D eigenvalue weighted by molar-refractivity contribution is -0.130. The molecule has 3 rings (SSSR count). The number of nitrogens with one attached hydrogen (secondary N) is 2. The Morgan fingerprint density at radius 1 is 0.882 bits per heavy atom. The zero-order valence-electron chi connectivity index (χ0n) is 19.1. The van der Waals surface area contributed by atoms with Crippen LogP contribution >= 0.6 is 0 Å². The second-order valence-electron chi connectivity index (χ2n) is 8.14. The number of carbonyl (C=O) groups is 2. The van der Waals surface area contributed by atoms with Crippen molar-refractivity contribution in [2.24, 2.45) is 0 Å². The Balaban J connectivity index is 1.79. The van der Waals surface area contributed by atoms with Crippen molar-refractivity contribution in [3.8, 4) is 11.1 Å².